The van der Waals surface area contributed by atoms with Crippen molar-refractivity contribution in [2.75, 3.05) is 26.2 Å². The van der Waals surface area contributed by atoms with Gasteiger partial charge in [-0.05, 0) is 78.1 Å². The monoisotopic (exact) mass is 579 g/mol. The number of carboxylic acids is 1. The van der Waals surface area contributed by atoms with Gasteiger partial charge in [0.15, 0.2) is 0 Å². The molecular weight excluding hydrogens is 530 g/mol. The molecule has 0 bridgehead atoms. The number of carboxylic acid groups (broad SMARTS) is 1. The molecule has 0 spiro atoms. The van der Waals surface area contributed by atoms with Gasteiger partial charge in [-0.15, -0.1) is 0 Å². The Bertz CT molecular complexity index is 777. The maximum atomic E-state index is 11.4. The van der Waals surface area contributed by atoms with E-state index in [4.69, 9.17) is 14.9 Å². The lowest BCUT2D eigenvalue weighted by atomic mass is 9.93. The standard InChI is InChI=1S/C12H21NO4.C8H15NO.C7H13NO3.ClH/c1-12(2,3)17-11(16)13-7-8-5-4-6-9(8)10(14)15;1-6(10)8-4-2-3-7(8)5-9;9-5-7-3-1-2-6(7)4-8(10)11;/h8-9H,4-7H2,1-3H3,(H,13,16)(H,14,15);7-8H,2-5,9H2,1H3;6-7,9H,1-5H2;1H/t8-,9+;7-,8-;6-,7-;/m000./s1. The Hall–Kier alpha value is -1.98. The number of nitro groups is 1. The predicted molar refractivity (Wildman–Crippen MR) is 142 cm³/mol. The number of halogens is 1. The maximum absolute atomic E-state index is 11.4. The van der Waals surface area contributed by atoms with E-state index in [-0.39, 0.29) is 54.2 Å². The van der Waals surface area contributed by atoms with Crippen LogP contribution in [0.5, 0.6) is 0 Å². The number of alkyl carbamates (subject to hydrolysis) is 1. The number of aliphatic hydroxyl groups is 1. The lowest BCUT2D eigenvalue weighted by Crippen LogP contribution is -3.00. The fourth-order valence-corrected chi connectivity index (χ4v) is 5.84. The molecular formula is C27H50ClN3O8. The second kappa shape index (κ2) is 18.4. The highest BCUT2D eigenvalue weighted by molar-refractivity contribution is 5.78. The first-order valence-electron chi connectivity index (χ1n) is 14.0. The molecule has 3 fully saturated rings. The number of carbonyl (C=O) groups is 3. The van der Waals surface area contributed by atoms with E-state index in [1.807, 2.05) is 0 Å². The zero-order chi connectivity index (χ0) is 28.9. The molecule has 6 atom stereocenters. The molecule has 6 N–H and O–H groups in total. The largest absolute Gasteiger partial charge is 1.00 e. The van der Waals surface area contributed by atoms with E-state index >= 15 is 0 Å². The quantitative estimate of drug-likeness (QED) is 0.227. The van der Waals surface area contributed by atoms with Gasteiger partial charge in [0.2, 0.25) is 6.54 Å². The number of quaternary nitrogens is 1. The molecule has 0 radical (unpaired) electrons. The molecule has 0 aliphatic heterocycles. The fraction of sp³-hybridized carbons (Fsp3) is 0.889. The first kappa shape index (κ1) is 37.0. The maximum Gasteiger partial charge on any atom is 0.407 e. The van der Waals surface area contributed by atoms with E-state index in [0.29, 0.717) is 30.6 Å². The molecule has 12 heteroatoms. The number of Topliss-reactive ketones (excluding diaryl/α,β-unsaturated/α-hetero) is 1. The van der Waals surface area contributed by atoms with Gasteiger partial charge in [-0.3, -0.25) is 19.7 Å². The Morgan fingerprint density at radius 2 is 1.46 bits per heavy atom. The van der Waals surface area contributed by atoms with Crippen molar-refractivity contribution in [1.82, 2.24) is 5.32 Å². The molecule has 3 aliphatic rings. The topological polar surface area (TPSA) is 184 Å². The van der Waals surface area contributed by atoms with Crippen LogP contribution in [-0.4, -0.2) is 64.8 Å². The molecule has 0 heterocycles. The van der Waals surface area contributed by atoms with Crippen molar-refractivity contribution in [2.24, 2.45) is 35.5 Å². The minimum Gasteiger partial charge on any atom is -1.00 e. The van der Waals surface area contributed by atoms with Crippen LogP contribution in [0.25, 0.3) is 0 Å². The summed E-state index contributed by atoms with van der Waals surface area (Å²) in [6, 6.07) is 0. The van der Waals surface area contributed by atoms with E-state index < -0.39 is 17.7 Å². The number of aliphatic carboxylic acids is 1. The average molecular weight is 580 g/mol. The minimum absolute atomic E-state index is 0. The molecule has 0 aromatic heterocycles. The number of carbonyl (C=O) groups excluding carboxylic acids is 2. The number of rotatable bonds is 8. The number of nitrogens with zero attached hydrogens (tertiary/aromatic N) is 1. The molecule has 0 unspecified atom stereocenters. The van der Waals surface area contributed by atoms with Crippen molar-refractivity contribution in [3.8, 4) is 0 Å². The Balaban J connectivity index is 0.000000574. The van der Waals surface area contributed by atoms with Gasteiger partial charge in [0.05, 0.1) is 12.5 Å². The Morgan fingerprint density at radius 3 is 1.92 bits per heavy atom. The van der Waals surface area contributed by atoms with Crippen LogP contribution in [0, 0.1) is 45.6 Å². The molecule has 228 valence electrons. The van der Waals surface area contributed by atoms with Gasteiger partial charge in [0.25, 0.3) is 0 Å². The van der Waals surface area contributed by atoms with E-state index in [1.165, 1.54) is 12.8 Å². The smallest absolute Gasteiger partial charge is 0.407 e. The molecule has 39 heavy (non-hydrogen) atoms. The lowest BCUT2D eigenvalue weighted by Gasteiger charge is -2.21. The molecule has 11 nitrogen and oxygen atoms in total. The zero-order valence-electron chi connectivity index (χ0n) is 24.0. The average Bonchev–Trinajstić information content (AvgIpc) is 3.57. The van der Waals surface area contributed by atoms with E-state index in [1.54, 1.807) is 27.7 Å². The molecule has 3 rings (SSSR count). The summed E-state index contributed by atoms with van der Waals surface area (Å²) in [7, 11) is 0. The van der Waals surface area contributed by atoms with Gasteiger partial charge in [0.1, 0.15) is 11.4 Å². The number of ketones is 1. The highest BCUT2D eigenvalue weighted by Gasteiger charge is 2.33. The van der Waals surface area contributed by atoms with Gasteiger partial charge < -0.3 is 38.4 Å². The number of nitrogens with one attached hydrogen (secondary N) is 1. The first-order chi connectivity index (χ1) is 17.8. The van der Waals surface area contributed by atoms with Crippen molar-refractivity contribution < 1.29 is 52.4 Å². The highest BCUT2D eigenvalue weighted by atomic mass is 35.5. The van der Waals surface area contributed by atoms with Crippen LogP contribution in [0.15, 0.2) is 0 Å². The fourth-order valence-electron chi connectivity index (χ4n) is 5.84. The van der Waals surface area contributed by atoms with Gasteiger partial charge >= 0.3 is 12.1 Å². The summed E-state index contributed by atoms with van der Waals surface area (Å²) < 4.78 is 5.10. The second-order valence-electron chi connectivity index (χ2n) is 11.9. The third-order valence-corrected chi connectivity index (χ3v) is 7.87. The summed E-state index contributed by atoms with van der Waals surface area (Å²) in [6.45, 7) is 8.55. The third kappa shape index (κ3) is 14.3. The van der Waals surface area contributed by atoms with Crippen molar-refractivity contribution in [1.29, 1.82) is 0 Å². The van der Waals surface area contributed by atoms with E-state index in [2.05, 4.69) is 11.1 Å². The minimum atomic E-state index is -0.765. The summed E-state index contributed by atoms with van der Waals surface area (Å²) in [6.07, 6.45) is 8.44. The van der Waals surface area contributed by atoms with Gasteiger partial charge in [-0.2, -0.15) is 0 Å². The summed E-state index contributed by atoms with van der Waals surface area (Å²) >= 11 is 0. The molecule has 0 aromatic carbocycles. The normalized spacial score (nSPS) is 27.6. The van der Waals surface area contributed by atoms with Gasteiger partial charge in [-0.25, -0.2) is 4.79 Å². The van der Waals surface area contributed by atoms with Crippen molar-refractivity contribution in [3.63, 3.8) is 0 Å². The van der Waals surface area contributed by atoms with Crippen LogP contribution in [0.2, 0.25) is 0 Å². The van der Waals surface area contributed by atoms with Crippen molar-refractivity contribution in [2.45, 2.75) is 91.1 Å². The summed E-state index contributed by atoms with van der Waals surface area (Å²) in [5, 5.41) is 30.6. The first-order valence-corrected chi connectivity index (χ1v) is 14.0. The van der Waals surface area contributed by atoms with Gasteiger partial charge in [0, 0.05) is 35.8 Å². The molecule has 0 aromatic rings. The molecule has 3 aliphatic carbocycles. The van der Waals surface area contributed by atoms with Crippen LogP contribution in [0.1, 0.15) is 85.5 Å². The zero-order valence-corrected chi connectivity index (χ0v) is 24.8. The summed E-state index contributed by atoms with van der Waals surface area (Å²) in [4.78, 5) is 43.2. The SMILES string of the molecule is CC(=O)[C@@H]1CCC[C@H]1C[NH3+].CC(C)(C)OC(=O)NC[C@@H]1CCC[C@H]1C(=O)O.O=[N+]([O-])C[C@@H]1CCC[C@H]1CO.[Cl-]. The Kier molecular flexibility index (Phi) is 17.5. The molecule has 0 saturated heterocycles. The predicted octanol–water partition coefficient (Wildman–Crippen LogP) is -0.0787. The number of ether oxygens (including phenoxy) is 1. The van der Waals surface area contributed by atoms with Gasteiger partial charge in [-0.1, -0.05) is 19.3 Å². The molecule has 3 saturated carbocycles. The van der Waals surface area contributed by atoms with Crippen LogP contribution in [0.4, 0.5) is 4.79 Å². The second-order valence-corrected chi connectivity index (χ2v) is 11.9. The Morgan fingerprint density at radius 1 is 0.949 bits per heavy atom. The lowest BCUT2D eigenvalue weighted by molar-refractivity contribution is -0.489. The third-order valence-electron chi connectivity index (χ3n) is 7.87. The number of aliphatic hydroxyl groups excluding tert-OH is 1. The summed E-state index contributed by atoms with van der Waals surface area (Å²) in [5.74, 6) is 0.542. The van der Waals surface area contributed by atoms with E-state index in [0.717, 1.165) is 45.1 Å². The van der Waals surface area contributed by atoms with Crippen LogP contribution >= 0.6 is 0 Å². The van der Waals surface area contributed by atoms with Crippen LogP contribution < -0.4 is 23.5 Å². The van der Waals surface area contributed by atoms with Crippen LogP contribution in [0.3, 0.4) is 0 Å². The highest BCUT2D eigenvalue weighted by Crippen LogP contribution is 2.32. The summed E-state index contributed by atoms with van der Waals surface area (Å²) in [5.41, 5.74) is 3.33. The Labute approximate surface area is 238 Å². The number of amides is 1. The number of hydrogen-bond acceptors (Lipinski definition) is 7. The van der Waals surface area contributed by atoms with E-state index in [9.17, 15) is 24.5 Å². The molecule has 1 amide bonds. The van der Waals surface area contributed by atoms with Crippen molar-refractivity contribution in [3.05, 3.63) is 10.1 Å². The van der Waals surface area contributed by atoms with Crippen LogP contribution in [-0.2, 0) is 14.3 Å². The number of hydrogen-bond donors (Lipinski definition) is 4. The van der Waals surface area contributed by atoms with Crippen molar-refractivity contribution >= 4 is 17.8 Å².